The Kier molecular flexibility index (Phi) is 7.31. The van der Waals surface area contributed by atoms with E-state index in [-0.39, 0.29) is 29.4 Å². The molecule has 9 heteroatoms. The van der Waals surface area contributed by atoms with Crippen LogP contribution in [-0.2, 0) is 4.79 Å². The summed E-state index contributed by atoms with van der Waals surface area (Å²) in [4.78, 5) is 28.9. The topological polar surface area (TPSA) is 78.5 Å². The maximum Gasteiger partial charge on any atom is 0.260 e. The number of piperidine rings is 1. The van der Waals surface area contributed by atoms with Crippen molar-refractivity contribution in [1.82, 2.24) is 20.0 Å². The van der Waals surface area contributed by atoms with Crippen LogP contribution in [0.5, 0.6) is 5.75 Å². The van der Waals surface area contributed by atoms with Crippen molar-refractivity contribution in [1.29, 1.82) is 0 Å². The van der Waals surface area contributed by atoms with Crippen LogP contribution in [0.4, 0.5) is 4.39 Å². The van der Waals surface area contributed by atoms with Gasteiger partial charge in [-0.15, -0.1) is 0 Å². The van der Waals surface area contributed by atoms with E-state index in [1.807, 2.05) is 13.8 Å². The first-order chi connectivity index (χ1) is 14.4. The highest BCUT2D eigenvalue weighted by molar-refractivity contribution is 6.30. The third kappa shape index (κ3) is 4.92. The van der Waals surface area contributed by atoms with Gasteiger partial charge in [0.1, 0.15) is 11.6 Å². The van der Waals surface area contributed by atoms with Crippen molar-refractivity contribution in [2.24, 2.45) is 0 Å². The van der Waals surface area contributed by atoms with Gasteiger partial charge in [-0.25, -0.2) is 4.39 Å². The number of amides is 2. The molecule has 0 spiro atoms. The molecular weight excluding hydrogens is 411 g/mol. The fraction of sp³-hybridized carbons (Fsp3) is 0.476. The number of halogens is 2. The van der Waals surface area contributed by atoms with Gasteiger partial charge in [0.05, 0.1) is 22.5 Å². The largest absolute Gasteiger partial charge is 0.484 e. The van der Waals surface area contributed by atoms with E-state index < -0.39 is 5.82 Å². The normalized spacial score (nSPS) is 16.4. The zero-order chi connectivity index (χ0) is 21.7. The zero-order valence-electron chi connectivity index (χ0n) is 17.2. The lowest BCUT2D eigenvalue weighted by atomic mass is 9.92. The highest BCUT2D eigenvalue weighted by Gasteiger charge is 2.30. The Bertz CT molecular complexity index is 900. The average Bonchev–Trinajstić information content (AvgIpc) is 3.25. The van der Waals surface area contributed by atoms with Crippen LogP contribution in [0.3, 0.4) is 0 Å². The van der Waals surface area contributed by atoms with Crippen LogP contribution in [-0.4, -0.2) is 64.6 Å². The van der Waals surface area contributed by atoms with Crippen LogP contribution in [0.2, 0.25) is 5.02 Å². The summed E-state index contributed by atoms with van der Waals surface area (Å²) in [7, 11) is 0. The van der Waals surface area contributed by atoms with Gasteiger partial charge >= 0.3 is 0 Å². The lowest BCUT2D eigenvalue weighted by Gasteiger charge is -2.33. The first kappa shape index (κ1) is 22.1. The van der Waals surface area contributed by atoms with E-state index in [2.05, 4.69) is 10.2 Å². The lowest BCUT2D eigenvalue weighted by molar-refractivity contribution is -0.134. The Balaban J connectivity index is 1.64. The third-order valence-corrected chi connectivity index (χ3v) is 5.68. The smallest absolute Gasteiger partial charge is 0.260 e. The van der Waals surface area contributed by atoms with E-state index in [4.69, 9.17) is 16.3 Å². The van der Waals surface area contributed by atoms with Crippen LogP contribution in [0, 0.1) is 5.82 Å². The molecule has 1 fully saturated rings. The first-order valence-corrected chi connectivity index (χ1v) is 10.5. The molecule has 162 valence electrons. The summed E-state index contributed by atoms with van der Waals surface area (Å²) >= 11 is 5.75. The number of likely N-dealkylation sites (tertiary alicyclic amines) is 1. The van der Waals surface area contributed by atoms with E-state index >= 15 is 0 Å². The van der Waals surface area contributed by atoms with E-state index in [0.717, 1.165) is 18.5 Å². The number of hydrogen-bond acceptors (Lipinski definition) is 4. The highest BCUT2D eigenvalue weighted by Crippen LogP contribution is 2.29. The second-order valence-electron chi connectivity index (χ2n) is 7.22. The number of hydrogen-bond donors (Lipinski definition) is 1. The van der Waals surface area contributed by atoms with Crippen molar-refractivity contribution in [3.05, 3.63) is 46.5 Å². The highest BCUT2D eigenvalue weighted by atomic mass is 35.5. The van der Waals surface area contributed by atoms with E-state index in [1.54, 1.807) is 16.0 Å². The van der Waals surface area contributed by atoms with Crippen molar-refractivity contribution in [3.8, 4) is 5.75 Å². The fourth-order valence-electron chi connectivity index (χ4n) is 3.70. The standard InChI is InChI=1S/C21H26ClFN4O3/c1-3-26(4-2)21(29)16-11-24-25-20(16)14-6-5-9-27(12-14)19(28)13-30-15-7-8-18(23)17(22)10-15/h7-8,10-11,14H,3-6,9,12-13H2,1-2H3,(H,24,25). The minimum atomic E-state index is -0.538. The maximum absolute atomic E-state index is 13.3. The number of carbonyl (C=O) groups is 2. The number of nitrogens with zero attached hydrogens (tertiary/aromatic N) is 3. The van der Waals surface area contributed by atoms with Crippen molar-refractivity contribution < 1.29 is 18.7 Å². The molecule has 30 heavy (non-hydrogen) atoms. The second kappa shape index (κ2) is 9.93. The first-order valence-electron chi connectivity index (χ1n) is 10.1. The summed E-state index contributed by atoms with van der Waals surface area (Å²) in [6.45, 7) is 6.07. The van der Waals surface area contributed by atoms with Gasteiger partial charge < -0.3 is 14.5 Å². The molecule has 2 aromatic rings. The Morgan fingerprint density at radius 3 is 2.83 bits per heavy atom. The maximum atomic E-state index is 13.3. The van der Waals surface area contributed by atoms with Gasteiger partial charge in [-0.1, -0.05) is 11.6 Å². The van der Waals surface area contributed by atoms with Gasteiger partial charge in [0, 0.05) is 38.2 Å². The van der Waals surface area contributed by atoms with Crippen LogP contribution in [0.25, 0.3) is 0 Å². The monoisotopic (exact) mass is 436 g/mol. The molecule has 0 aliphatic carbocycles. The molecular formula is C21H26ClFN4O3. The van der Waals surface area contributed by atoms with Gasteiger partial charge in [-0.2, -0.15) is 5.10 Å². The van der Waals surface area contributed by atoms with E-state index in [0.29, 0.717) is 37.5 Å². The molecule has 2 heterocycles. The number of benzene rings is 1. The summed E-state index contributed by atoms with van der Waals surface area (Å²) in [5, 5.41) is 7.01. The molecule has 0 saturated carbocycles. The molecule has 2 amide bonds. The van der Waals surface area contributed by atoms with Gasteiger partial charge in [0.25, 0.3) is 11.8 Å². The zero-order valence-corrected chi connectivity index (χ0v) is 17.9. The second-order valence-corrected chi connectivity index (χ2v) is 7.63. The predicted molar refractivity (Wildman–Crippen MR) is 111 cm³/mol. The SMILES string of the molecule is CCN(CC)C(=O)c1cn[nH]c1C1CCCN(C(=O)COc2ccc(F)c(Cl)c2)C1. The summed E-state index contributed by atoms with van der Waals surface area (Å²) in [5.74, 6) is -0.423. The van der Waals surface area contributed by atoms with Gasteiger partial charge in [-0.3, -0.25) is 14.7 Å². The molecule has 0 bridgehead atoms. The summed E-state index contributed by atoms with van der Waals surface area (Å²) in [6.07, 6.45) is 3.24. The minimum absolute atomic E-state index is 0.0000205. The molecule has 0 radical (unpaired) electrons. The van der Waals surface area contributed by atoms with Crippen molar-refractivity contribution >= 4 is 23.4 Å². The average molecular weight is 437 g/mol. The molecule has 3 rings (SSSR count). The number of H-pyrrole nitrogens is 1. The summed E-state index contributed by atoms with van der Waals surface area (Å²) < 4.78 is 18.7. The minimum Gasteiger partial charge on any atom is -0.484 e. The molecule has 1 unspecified atom stereocenters. The fourth-order valence-corrected chi connectivity index (χ4v) is 3.87. The van der Waals surface area contributed by atoms with Crippen molar-refractivity contribution in [2.75, 3.05) is 32.8 Å². The van der Waals surface area contributed by atoms with Crippen LogP contribution >= 0.6 is 11.6 Å². The molecule has 1 aliphatic heterocycles. The van der Waals surface area contributed by atoms with Crippen LogP contribution in [0.1, 0.15) is 48.7 Å². The van der Waals surface area contributed by atoms with E-state index in [1.165, 1.54) is 18.2 Å². The van der Waals surface area contributed by atoms with Crippen LogP contribution < -0.4 is 4.74 Å². The molecule has 1 atom stereocenters. The molecule has 7 nitrogen and oxygen atoms in total. The van der Waals surface area contributed by atoms with E-state index in [9.17, 15) is 14.0 Å². The molecule has 1 aromatic heterocycles. The Morgan fingerprint density at radius 2 is 2.13 bits per heavy atom. The molecule has 1 aliphatic rings. The number of aromatic amines is 1. The third-order valence-electron chi connectivity index (χ3n) is 5.39. The van der Waals surface area contributed by atoms with Crippen molar-refractivity contribution in [3.63, 3.8) is 0 Å². The van der Waals surface area contributed by atoms with Gasteiger partial charge in [0.15, 0.2) is 6.61 Å². The molecule has 1 aromatic carbocycles. The Hall–Kier alpha value is -2.61. The number of rotatable bonds is 7. The number of ether oxygens (including phenoxy) is 1. The quantitative estimate of drug-likeness (QED) is 0.720. The van der Waals surface area contributed by atoms with Gasteiger partial charge in [-0.05, 0) is 38.8 Å². The summed E-state index contributed by atoms with van der Waals surface area (Å²) in [6, 6.07) is 3.98. The lowest BCUT2D eigenvalue weighted by Crippen LogP contribution is -2.42. The summed E-state index contributed by atoms with van der Waals surface area (Å²) in [5.41, 5.74) is 1.34. The molecule has 1 N–H and O–H groups in total. The number of carbonyl (C=O) groups excluding carboxylic acids is 2. The number of nitrogens with one attached hydrogen (secondary N) is 1. The number of aromatic nitrogens is 2. The Labute approximate surface area is 180 Å². The van der Waals surface area contributed by atoms with Crippen molar-refractivity contribution in [2.45, 2.75) is 32.6 Å². The van der Waals surface area contributed by atoms with Gasteiger partial charge in [0.2, 0.25) is 0 Å². The molecule has 1 saturated heterocycles. The van der Waals surface area contributed by atoms with Crippen LogP contribution in [0.15, 0.2) is 24.4 Å². The Morgan fingerprint density at radius 1 is 1.37 bits per heavy atom. The predicted octanol–water partition coefficient (Wildman–Crippen LogP) is 3.47.